The van der Waals surface area contributed by atoms with Crippen LogP contribution in [0.2, 0.25) is 10.0 Å². The Morgan fingerprint density at radius 3 is 1.46 bits per heavy atom. The number of ether oxygens (including phenoxy) is 1. The van der Waals surface area contributed by atoms with Gasteiger partial charge < -0.3 is 24.3 Å². The summed E-state index contributed by atoms with van der Waals surface area (Å²) in [6, 6.07) is 16.1. The van der Waals surface area contributed by atoms with Crippen LogP contribution in [0.4, 0.5) is 16.2 Å². The largest absolute Gasteiger partial charge is 0.444 e. The molecule has 6 heterocycles. The number of H-pyrrole nitrogens is 2. The van der Waals surface area contributed by atoms with Crippen LogP contribution in [0.5, 0.6) is 0 Å². The fourth-order valence-electron chi connectivity index (χ4n) is 8.74. The van der Waals surface area contributed by atoms with Crippen LogP contribution in [0.1, 0.15) is 31.9 Å². The lowest BCUT2D eigenvalue weighted by atomic mass is 9.95. The van der Waals surface area contributed by atoms with Crippen LogP contribution in [0.15, 0.2) is 98.6 Å². The fraction of sp³-hybridized carbons (Fsp3) is 0.275. The molecule has 2 fully saturated rings. The maximum absolute atomic E-state index is 12.4. The Kier molecular flexibility index (Phi) is 14.7. The van der Waals surface area contributed by atoms with Gasteiger partial charge in [-0.2, -0.15) is 30.6 Å². The number of nitrogens with one attached hydrogen (secondary N) is 2. The van der Waals surface area contributed by atoms with E-state index in [0.717, 1.165) is 94.4 Å². The van der Waals surface area contributed by atoms with Gasteiger partial charge in [-0.3, -0.25) is 19.8 Å². The molecule has 8 aromatic rings. The standard InChI is InChI=1S/C25H27ClN6O2.C23H21ClN6O.C3H3ClO/c1-15-5-6-20-18(13-27-29-20)23(15)16-12-21-17(11-19(16)26)22(14-28-30-21)31-7-9-32(10-8-31)24(33)34-25(2,3)4;1-3-22(31)30-8-6-29(7-9-30)21-13-26-28-20-11-15(18(24)10-16(20)21)23-14(2)4-5-19-17(23)12-25-27-19;1-2-3(4)5/h5-6,11-14H,7-10H2,1-4H3,(H,27,29);3-5,10-13H,1,6-9H2,2H3,(H,25,27);2H,1H2. The summed E-state index contributed by atoms with van der Waals surface area (Å²) in [5.41, 5.74) is 11.0. The number of allylic oxidation sites excluding steroid dienone is 1. The van der Waals surface area contributed by atoms with Gasteiger partial charge in [0.05, 0.1) is 58.2 Å². The van der Waals surface area contributed by atoms with E-state index in [4.69, 9.17) is 39.5 Å². The maximum Gasteiger partial charge on any atom is 0.410 e. The van der Waals surface area contributed by atoms with Crippen LogP contribution in [-0.2, 0) is 14.3 Å². The number of anilines is 2. The number of rotatable bonds is 6. The number of aromatic nitrogens is 8. The summed E-state index contributed by atoms with van der Waals surface area (Å²) >= 11 is 18.4. The van der Waals surface area contributed by atoms with Gasteiger partial charge in [-0.05, 0) is 117 Å². The zero-order valence-electron chi connectivity index (χ0n) is 39.4. The molecular weight excluding hydrogens is 951 g/mol. The zero-order chi connectivity index (χ0) is 49.9. The third-order valence-corrected chi connectivity index (χ3v) is 12.9. The van der Waals surface area contributed by atoms with Gasteiger partial charge in [0.25, 0.3) is 0 Å². The molecule has 10 rings (SSSR count). The van der Waals surface area contributed by atoms with Crippen molar-refractivity contribution in [3.8, 4) is 22.3 Å². The molecule has 0 saturated carbocycles. The van der Waals surface area contributed by atoms with E-state index < -0.39 is 10.8 Å². The number of nitrogens with zero attached hydrogens (tertiary/aromatic N) is 10. The molecule has 2 aliphatic rings. The van der Waals surface area contributed by atoms with Crippen LogP contribution >= 0.6 is 34.8 Å². The van der Waals surface area contributed by atoms with Crippen molar-refractivity contribution in [3.05, 3.63) is 120 Å². The average molecular weight is 1000 g/mol. The number of fused-ring (bicyclic) bond motifs is 4. The Bertz CT molecular complexity index is 3300. The Hall–Kier alpha value is -7.14. The van der Waals surface area contributed by atoms with Crippen LogP contribution in [0.25, 0.3) is 65.9 Å². The molecule has 360 valence electrons. The van der Waals surface area contributed by atoms with Crippen molar-refractivity contribution in [2.45, 2.75) is 40.2 Å². The first-order valence-corrected chi connectivity index (χ1v) is 23.7. The van der Waals surface area contributed by atoms with E-state index in [1.54, 1.807) is 22.2 Å². The SMILES string of the molecule is C=CC(=O)Cl.C=CC(=O)N1CCN(c2cnnc3cc(-c4c(C)ccc5[nH]ncc45)c(Cl)cc23)CC1.Cc1ccc2[nH]ncc2c1-c1cc2nncc(N3CCN(C(=O)OC(C)(C)C)CC3)c2cc1Cl. The Morgan fingerprint density at radius 2 is 1.06 bits per heavy atom. The number of carbonyl (C=O) groups excluding carboxylic acids is 3. The predicted molar refractivity (Wildman–Crippen MR) is 279 cm³/mol. The van der Waals surface area contributed by atoms with Crippen molar-refractivity contribution in [1.82, 2.24) is 50.6 Å². The predicted octanol–water partition coefficient (Wildman–Crippen LogP) is 10.1. The number of hydrogen-bond donors (Lipinski definition) is 2. The molecule has 4 aromatic carbocycles. The highest BCUT2D eigenvalue weighted by Gasteiger charge is 2.28. The maximum atomic E-state index is 12.4. The van der Waals surface area contributed by atoms with Crippen LogP contribution < -0.4 is 9.80 Å². The lowest BCUT2D eigenvalue weighted by Crippen LogP contribution is -2.50. The van der Waals surface area contributed by atoms with Crippen molar-refractivity contribution < 1.29 is 19.1 Å². The molecular formula is C51H51Cl3N12O4. The summed E-state index contributed by atoms with van der Waals surface area (Å²) in [6.45, 7) is 21.6. The molecule has 19 heteroatoms. The smallest absolute Gasteiger partial charge is 0.410 e. The Balaban J connectivity index is 0.000000172. The lowest BCUT2D eigenvalue weighted by Gasteiger charge is -2.36. The number of aromatic amines is 2. The molecule has 0 spiro atoms. The lowest BCUT2D eigenvalue weighted by molar-refractivity contribution is -0.126. The topological polar surface area (TPSA) is 182 Å². The molecule has 0 radical (unpaired) electrons. The summed E-state index contributed by atoms with van der Waals surface area (Å²) in [7, 11) is 0. The van der Waals surface area contributed by atoms with Crippen LogP contribution in [0.3, 0.4) is 0 Å². The molecule has 2 N–H and O–H groups in total. The molecule has 4 aromatic heterocycles. The number of hydrogen-bond acceptors (Lipinski definition) is 12. The molecule has 2 saturated heterocycles. The number of aryl methyl sites for hydroxylation is 2. The second-order valence-corrected chi connectivity index (χ2v) is 19.0. The van der Waals surface area contributed by atoms with Gasteiger partial charge in [0, 0.05) is 95.1 Å². The number of halogens is 3. The molecule has 70 heavy (non-hydrogen) atoms. The first-order chi connectivity index (χ1) is 33.5. The average Bonchev–Trinajstić information content (AvgIpc) is 4.04. The number of piperazine rings is 2. The van der Waals surface area contributed by atoms with Gasteiger partial charge in [-0.25, -0.2) is 4.79 Å². The van der Waals surface area contributed by atoms with Gasteiger partial charge >= 0.3 is 6.09 Å². The van der Waals surface area contributed by atoms with Gasteiger partial charge in [0.15, 0.2) is 0 Å². The van der Waals surface area contributed by atoms with E-state index in [2.05, 4.69) is 89.7 Å². The van der Waals surface area contributed by atoms with E-state index in [1.165, 1.54) is 6.08 Å². The molecule has 0 bridgehead atoms. The fourth-order valence-corrected chi connectivity index (χ4v) is 9.25. The van der Waals surface area contributed by atoms with E-state index >= 15 is 0 Å². The first kappa shape index (κ1) is 49.3. The Morgan fingerprint density at radius 1 is 0.629 bits per heavy atom. The monoisotopic (exact) mass is 1000 g/mol. The molecule has 16 nitrogen and oxygen atoms in total. The van der Waals surface area contributed by atoms with Crippen molar-refractivity contribution in [3.63, 3.8) is 0 Å². The Labute approximate surface area is 419 Å². The molecule has 2 amide bonds. The molecule has 2 aliphatic heterocycles. The minimum atomic E-state index is -0.509. The quantitative estimate of drug-likeness (QED) is 0.119. The van der Waals surface area contributed by atoms with E-state index in [-0.39, 0.29) is 12.0 Å². The molecule has 0 atom stereocenters. The highest BCUT2D eigenvalue weighted by atomic mass is 35.5. The van der Waals surface area contributed by atoms with E-state index in [0.29, 0.717) is 62.4 Å². The first-order valence-electron chi connectivity index (χ1n) is 22.5. The third kappa shape index (κ3) is 10.5. The van der Waals surface area contributed by atoms with Crippen molar-refractivity contribution in [1.29, 1.82) is 0 Å². The highest BCUT2D eigenvalue weighted by Crippen LogP contribution is 2.41. The number of amides is 2. The minimum absolute atomic E-state index is 0.0335. The van der Waals surface area contributed by atoms with E-state index in [9.17, 15) is 14.4 Å². The normalized spacial score (nSPS) is 14.0. The van der Waals surface area contributed by atoms with Crippen molar-refractivity contribution in [2.24, 2.45) is 0 Å². The third-order valence-electron chi connectivity index (χ3n) is 12.2. The van der Waals surface area contributed by atoms with Gasteiger partial charge in [0.1, 0.15) is 5.60 Å². The van der Waals surface area contributed by atoms with Crippen molar-refractivity contribution >= 4 is 107 Å². The summed E-state index contributed by atoms with van der Waals surface area (Å²) in [5.74, 6) is -0.0335. The number of carbonyl (C=O) groups is 3. The molecule has 0 unspecified atom stereocenters. The van der Waals surface area contributed by atoms with E-state index in [1.807, 2.05) is 69.6 Å². The summed E-state index contributed by atoms with van der Waals surface area (Å²) in [6.07, 6.45) is 9.31. The zero-order valence-corrected chi connectivity index (χ0v) is 41.7. The van der Waals surface area contributed by atoms with Gasteiger partial charge in [0.2, 0.25) is 11.1 Å². The second kappa shape index (κ2) is 20.8. The van der Waals surface area contributed by atoms with Crippen LogP contribution in [0, 0.1) is 13.8 Å². The van der Waals surface area contributed by atoms with Gasteiger partial charge in [-0.1, -0.05) is 48.5 Å². The van der Waals surface area contributed by atoms with Gasteiger partial charge in [-0.15, -0.1) is 0 Å². The summed E-state index contributed by atoms with van der Waals surface area (Å²) in [4.78, 5) is 41.8. The highest BCUT2D eigenvalue weighted by molar-refractivity contribution is 6.66. The summed E-state index contributed by atoms with van der Waals surface area (Å²) in [5, 5.41) is 36.4. The minimum Gasteiger partial charge on any atom is -0.444 e. The second-order valence-electron chi connectivity index (χ2n) is 17.8. The molecule has 0 aliphatic carbocycles. The number of benzene rings is 4. The summed E-state index contributed by atoms with van der Waals surface area (Å²) < 4.78 is 5.52. The van der Waals surface area contributed by atoms with Crippen molar-refractivity contribution in [2.75, 3.05) is 62.2 Å². The van der Waals surface area contributed by atoms with Crippen LogP contribution in [-0.4, -0.2) is 126 Å².